The zero-order valence-corrected chi connectivity index (χ0v) is 13.0. The van der Waals surface area contributed by atoms with E-state index in [1.165, 1.54) is 38.0 Å². The van der Waals surface area contributed by atoms with Crippen LogP contribution in [0.2, 0.25) is 0 Å². The second-order valence-corrected chi connectivity index (χ2v) is 6.20. The molecule has 0 saturated carbocycles. The Balaban J connectivity index is 1.54. The molecule has 2 atom stereocenters. The van der Waals surface area contributed by atoms with Crippen LogP contribution in [-0.4, -0.2) is 55.2 Å². The van der Waals surface area contributed by atoms with Crippen molar-refractivity contribution in [1.82, 2.24) is 9.80 Å². The van der Waals surface area contributed by atoms with E-state index >= 15 is 0 Å². The van der Waals surface area contributed by atoms with Crippen molar-refractivity contribution in [3.05, 3.63) is 29.8 Å². The van der Waals surface area contributed by atoms with Crippen molar-refractivity contribution in [1.29, 1.82) is 0 Å². The average Bonchev–Trinajstić information content (AvgIpc) is 2.96. The van der Waals surface area contributed by atoms with Gasteiger partial charge in [0, 0.05) is 38.3 Å². The lowest BCUT2D eigenvalue weighted by atomic mass is 10.1. The van der Waals surface area contributed by atoms with E-state index in [2.05, 4.69) is 21.9 Å². The molecule has 0 aliphatic carbocycles. The summed E-state index contributed by atoms with van der Waals surface area (Å²) in [6, 6.07) is 9.10. The van der Waals surface area contributed by atoms with Crippen molar-refractivity contribution in [2.75, 3.05) is 39.3 Å². The third kappa shape index (κ3) is 3.57. The number of hydrogen-bond acceptors (Lipinski definition) is 4. The molecule has 4 heteroatoms. The quantitative estimate of drug-likeness (QED) is 0.898. The van der Waals surface area contributed by atoms with E-state index < -0.39 is 0 Å². The van der Waals surface area contributed by atoms with Gasteiger partial charge in [0.25, 0.3) is 0 Å². The summed E-state index contributed by atoms with van der Waals surface area (Å²) >= 11 is 0. The van der Waals surface area contributed by atoms with Crippen LogP contribution in [0, 0.1) is 0 Å². The SMILES string of the molecule is CCOc1ccc(C(N)CN2CCN3CCCC3C2)cc1. The Hall–Kier alpha value is -1.10. The summed E-state index contributed by atoms with van der Waals surface area (Å²) in [5.74, 6) is 0.924. The molecule has 1 aromatic rings. The highest BCUT2D eigenvalue weighted by molar-refractivity contribution is 5.29. The summed E-state index contributed by atoms with van der Waals surface area (Å²) in [5.41, 5.74) is 7.59. The Labute approximate surface area is 127 Å². The number of rotatable bonds is 5. The monoisotopic (exact) mass is 289 g/mol. The zero-order chi connectivity index (χ0) is 14.7. The van der Waals surface area contributed by atoms with Crippen molar-refractivity contribution in [3.8, 4) is 5.75 Å². The summed E-state index contributed by atoms with van der Waals surface area (Å²) in [7, 11) is 0. The molecule has 2 aliphatic heterocycles. The molecule has 2 aliphatic rings. The fourth-order valence-electron chi connectivity index (χ4n) is 3.58. The fraction of sp³-hybridized carbons (Fsp3) is 0.647. The first-order valence-corrected chi connectivity index (χ1v) is 8.21. The summed E-state index contributed by atoms with van der Waals surface area (Å²) in [6.45, 7) is 8.51. The minimum atomic E-state index is 0.0913. The van der Waals surface area contributed by atoms with Crippen LogP contribution >= 0.6 is 0 Å². The van der Waals surface area contributed by atoms with Crippen LogP contribution in [0.25, 0.3) is 0 Å². The lowest BCUT2D eigenvalue weighted by Crippen LogP contribution is -2.51. The highest BCUT2D eigenvalue weighted by Gasteiger charge is 2.30. The molecule has 2 heterocycles. The van der Waals surface area contributed by atoms with Crippen LogP contribution in [0.5, 0.6) is 5.75 Å². The standard InChI is InChI=1S/C17H27N3O/c1-2-21-16-7-5-14(6-8-16)17(18)13-19-10-11-20-9-3-4-15(20)12-19/h5-8,15,17H,2-4,9-13,18H2,1H3. The molecule has 0 bridgehead atoms. The third-order valence-electron chi connectivity index (χ3n) is 4.75. The molecule has 0 spiro atoms. The zero-order valence-electron chi connectivity index (χ0n) is 13.0. The van der Waals surface area contributed by atoms with Gasteiger partial charge in [-0.25, -0.2) is 0 Å². The second-order valence-electron chi connectivity index (χ2n) is 6.20. The Morgan fingerprint density at radius 3 is 2.81 bits per heavy atom. The molecule has 0 amide bonds. The number of benzene rings is 1. The van der Waals surface area contributed by atoms with Crippen LogP contribution in [-0.2, 0) is 0 Å². The molecule has 0 aromatic heterocycles. The van der Waals surface area contributed by atoms with Gasteiger partial charge < -0.3 is 10.5 Å². The number of hydrogen-bond donors (Lipinski definition) is 1. The van der Waals surface area contributed by atoms with Crippen molar-refractivity contribution >= 4 is 0 Å². The van der Waals surface area contributed by atoms with Crippen LogP contribution in [0.1, 0.15) is 31.4 Å². The van der Waals surface area contributed by atoms with Gasteiger partial charge in [0.05, 0.1) is 6.61 Å². The van der Waals surface area contributed by atoms with E-state index in [0.29, 0.717) is 6.61 Å². The van der Waals surface area contributed by atoms with Gasteiger partial charge in [0.15, 0.2) is 0 Å². The maximum Gasteiger partial charge on any atom is 0.119 e. The normalized spacial score (nSPS) is 24.8. The third-order valence-corrected chi connectivity index (χ3v) is 4.75. The van der Waals surface area contributed by atoms with Crippen molar-refractivity contribution in [2.45, 2.75) is 31.8 Å². The second kappa shape index (κ2) is 6.77. The molecule has 21 heavy (non-hydrogen) atoms. The smallest absolute Gasteiger partial charge is 0.119 e. The van der Waals surface area contributed by atoms with Crippen LogP contribution in [0.3, 0.4) is 0 Å². The maximum absolute atomic E-state index is 6.39. The number of nitrogens with zero attached hydrogens (tertiary/aromatic N) is 2. The van der Waals surface area contributed by atoms with Crippen molar-refractivity contribution in [2.24, 2.45) is 5.73 Å². The van der Waals surface area contributed by atoms with Crippen molar-refractivity contribution < 1.29 is 4.74 Å². The Morgan fingerprint density at radius 2 is 2.05 bits per heavy atom. The molecule has 0 radical (unpaired) electrons. The van der Waals surface area contributed by atoms with E-state index in [1.54, 1.807) is 0 Å². The molecule has 2 fully saturated rings. The Bertz CT molecular complexity index is 448. The van der Waals surface area contributed by atoms with Gasteiger partial charge >= 0.3 is 0 Å². The van der Waals surface area contributed by atoms with Gasteiger partial charge in [-0.05, 0) is 44.0 Å². The maximum atomic E-state index is 6.39. The molecular formula is C17H27N3O. The van der Waals surface area contributed by atoms with Crippen molar-refractivity contribution in [3.63, 3.8) is 0 Å². The first-order valence-electron chi connectivity index (χ1n) is 8.21. The Kier molecular flexibility index (Phi) is 4.78. The van der Waals surface area contributed by atoms with Gasteiger partial charge in [-0.3, -0.25) is 9.80 Å². The van der Waals surface area contributed by atoms with E-state index in [-0.39, 0.29) is 6.04 Å². The average molecular weight is 289 g/mol. The Morgan fingerprint density at radius 1 is 1.24 bits per heavy atom. The number of fused-ring (bicyclic) bond motifs is 1. The first kappa shape index (κ1) is 14.8. The van der Waals surface area contributed by atoms with Gasteiger partial charge in [-0.2, -0.15) is 0 Å². The fourth-order valence-corrected chi connectivity index (χ4v) is 3.58. The van der Waals surface area contributed by atoms with Crippen LogP contribution in [0.15, 0.2) is 24.3 Å². The highest BCUT2D eigenvalue weighted by atomic mass is 16.5. The number of ether oxygens (including phenoxy) is 1. The van der Waals surface area contributed by atoms with Gasteiger partial charge in [0.1, 0.15) is 5.75 Å². The largest absolute Gasteiger partial charge is 0.494 e. The molecule has 3 rings (SSSR count). The summed E-state index contributed by atoms with van der Waals surface area (Å²) in [4.78, 5) is 5.17. The van der Waals surface area contributed by atoms with Gasteiger partial charge in [-0.1, -0.05) is 12.1 Å². The first-order chi connectivity index (χ1) is 10.3. The predicted octanol–water partition coefficient (Wildman–Crippen LogP) is 1.87. The van der Waals surface area contributed by atoms with E-state index in [9.17, 15) is 0 Å². The molecule has 4 nitrogen and oxygen atoms in total. The molecular weight excluding hydrogens is 262 g/mol. The van der Waals surface area contributed by atoms with Crippen LogP contribution in [0.4, 0.5) is 0 Å². The van der Waals surface area contributed by atoms with Gasteiger partial charge in [-0.15, -0.1) is 0 Å². The molecule has 2 saturated heterocycles. The topological polar surface area (TPSA) is 41.7 Å². The summed E-state index contributed by atoms with van der Waals surface area (Å²) in [5, 5.41) is 0. The van der Waals surface area contributed by atoms with E-state index in [1.807, 2.05) is 19.1 Å². The van der Waals surface area contributed by atoms with Gasteiger partial charge in [0.2, 0.25) is 0 Å². The van der Waals surface area contributed by atoms with Crippen LogP contribution < -0.4 is 10.5 Å². The van der Waals surface area contributed by atoms with E-state index in [0.717, 1.165) is 24.9 Å². The lowest BCUT2D eigenvalue weighted by Gasteiger charge is -2.38. The van der Waals surface area contributed by atoms with E-state index in [4.69, 9.17) is 10.5 Å². The summed E-state index contributed by atoms with van der Waals surface area (Å²) in [6.07, 6.45) is 2.72. The summed E-state index contributed by atoms with van der Waals surface area (Å²) < 4.78 is 5.48. The molecule has 2 N–H and O–H groups in total. The molecule has 116 valence electrons. The molecule has 2 unspecified atom stereocenters. The predicted molar refractivity (Wildman–Crippen MR) is 85.6 cm³/mol. The number of piperazine rings is 1. The number of nitrogens with two attached hydrogens (primary N) is 1. The molecule has 1 aromatic carbocycles. The minimum absolute atomic E-state index is 0.0913. The lowest BCUT2D eigenvalue weighted by molar-refractivity contribution is 0.0998. The minimum Gasteiger partial charge on any atom is -0.494 e. The highest BCUT2D eigenvalue weighted by Crippen LogP contribution is 2.23.